The van der Waals surface area contributed by atoms with Gasteiger partial charge in [-0.15, -0.1) is 0 Å². The number of halogens is 17. The minimum atomic E-state index is -8.01. The first-order valence-electron chi connectivity index (χ1n) is 7.43. The van der Waals surface area contributed by atoms with Crippen molar-refractivity contribution in [3.8, 4) is 0 Å². The molecule has 0 aromatic heterocycles. The average molecular weight is 537 g/mol. The van der Waals surface area contributed by atoms with Crippen LogP contribution in [0.5, 0.6) is 0 Å². The summed E-state index contributed by atoms with van der Waals surface area (Å²) in [6, 6.07) is -1.61. The number of hydrogen-bond acceptors (Lipinski definition) is 3. The molecule has 0 aliphatic rings. The van der Waals surface area contributed by atoms with Crippen molar-refractivity contribution in [3.63, 3.8) is 0 Å². The van der Waals surface area contributed by atoms with Gasteiger partial charge in [-0.05, 0) is 13.8 Å². The van der Waals surface area contributed by atoms with Crippen LogP contribution >= 0.6 is 0 Å². The Kier molecular flexibility index (Phi) is 7.99. The molecule has 2 atom stereocenters. The zero-order valence-corrected chi connectivity index (χ0v) is 15.2. The topological polar surface area (TPSA) is 47.6 Å². The van der Waals surface area contributed by atoms with Gasteiger partial charge in [-0.3, -0.25) is 14.3 Å². The van der Waals surface area contributed by atoms with E-state index < -0.39 is 60.3 Å². The number of rotatable bonds is 8. The van der Waals surface area contributed by atoms with E-state index in [-0.39, 0.29) is 0 Å². The highest BCUT2D eigenvalue weighted by atomic mass is 19.4. The molecule has 0 heterocycles. The first-order valence-corrected chi connectivity index (χ1v) is 7.43. The molecule has 0 saturated heterocycles. The lowest BCUT2D eigenvalue weighted by molar-refractivity contribution is -0.548. The normalized spacial score (nSPS) is 18.7. The minimum Gasteiger partial charge on any atom is -0.349 e. The molecule has 0 spiro atoms. The van der Waals surface area contributed by atoms with Crippen LogP contribution in [0.2, 0.25) is 0 Å². The molecule has 33 heavy (non-hydrogen) atoms. The molecular weight excluding hydrogens is 529 g/mol. The molecule has 0 radical (unpaired) electrons. The smallest absolute Gasteiger partial charge is 0.349 e. The highest BCUT2D eigenvalue weighted by Crippen LogP contribution is 2.56. The van der Waals surface area contributed by atoms with E-state index >= 15 is 0 Å². The lowest BCUT2D eigenvalue weighted by Gasteiger charge is -2.40. The van der Waals surface area contributed by atoms with Crippen molar-refractivity contribution in [3.05, 3.63) is 0 Å². The lowest BCUT2D eigenvalue weighted by Crippen LogP contribution is -2.69. The summed E-state index contributed by atoms with van der Waals surface area (Å²) in [5.74, 6) is -26.0. The second kappa shape index (κ2) is 8.45. The molecule has 0 aliphatic heterocycles. The number of hydrogen-bond donors (Lipinski definition) is 1. The van der Waals surface area contributed by atoms with Crippen LogP contribution in [-0.2, 0) is 14.3 Å². The van der Waals surface area contributed by atoms with E-state index in [0.717, 1.165) is 5.32 Å². The lowest BCUT2D eigenvalue weighted by atomic mass is 10.2. The van der Waals surface area contributed by atoms with Crippen molar-refractivity contribution in [1.82, 2.24) is 5.32 Å². The predicted octanol–water partition coefficient (Wildman–Crippen LogP) is 5.38. The summed E-state index contributed by atoms with van der Waals surface area (Å²) in [5.41, 5.74) is 0. The van der Waals surface area contributed by atoms with Crippen molar-refractivity contribution < 1.29 is 88.9 Å². The highest BCUT2D eigenvalue weighted by molar-refractivity contribution is 5.84. The third-order valence-electron chi connectivity index (χ3n) is 3.07. The van der Waals surface area contributed by atoms with Crippen LogP contribution in [0.25, 0.3) is 0 Å². The van der Waals surface area contributed by atoms with Crippen molar-refractivity contribution in [2.75, 3.05) is 0 Å². The largest absolute Gasteiger partial charge is 0.462 e. The fourth-order valence-electron chi connectivity index (χ4n) is 1.52. The molecular formula is C12H8F17NO3. The van der Waals surface area contributed by atoms with Crippen molar-refractivity contribution >= 4 is 5.91 Å². The highest BCUT2D eigenvalue weighted by Gasteiger charge is 2.85. The zero-order valence-electron chi connectivity index (χ0n) is 15.2. The summed E-state index contributed by atoms with van der Waals surface area (Å²) in [5, 5.41) is 0.841. The maximum absolute atomic E-state index is 14.0. The predicted molar refractivity (Wildman–Crippen MR) is 66.1 cm³/mol. The standard InChI is InChI=1S/C12H8F17NO3/c1-3(2)30-4(31)5(13,8(17,18)19)32-12(28,29)7(16,10(23,24)25)33-11(26,27)6(14,15)9(20,21)22/h3H,1-2H3,(H,30,31). The fraction of sp³-hybridized carbons (Fsp3) is 0.917. The van der Waals surface area contributed by atoms with Gasteiger partial charge in [0.15, 0.2) is 0 Å². The van der Waals surface area contributed by atoms with E-state index in [1.165, 1.54) is 4.74 Å². The number of nitrogens with one attached hydrogen (secondary N) is 1. The van der Waals surface area contributed by atoms with Gasteiger partial charge in [0, 0.05) is 6.04 Å². The van der Waals surface area contributed by atoms with Crippen LogP contribution in [0.4, 0.5) is 74.6 Å². The monoisotopic (exact) mass is 537 g/mol. The van der Waals surface area contributed by atoms with Gasteiger partial charge in [-0.2, -0.15) is 74.6 Å². The van der Waals surface area contributed by atoms with Gasteiger partial charge in [0.05, 0.1) is 0 Å². The minimum absolute atomic E-state index is 0.713. The second-order valence-corrected chi connectivity index (χ2v) is 6.12. The van der Waals surface area contributed by atoms with Crippen LogP contribution < -0.4 is 5.32 Å². The number of amides is 1. The Balaban J connectivity index is 6.73. The van der Waals surface area contributed by atoms with Gasteiger partial charge in [0.2, 0.25) is 0 Å². The van der Waals surface area contributed by atoms with Crippen molar-refractivity contribution in [1.29, 1.82) is 0 Å². The van der Waals surface area contributed by atoms with E-state index in [9.17, 15) is 79.4 Å². The Morgan fingerprint density at radius 1 is 0.606 bits per heavy atom. The van der Waals surface area contributed by atoms with E-state index in [4.69, 9.17) is 0 Å². The quantitative estimate of drug-likeness (QED) is 0.423. The Hall–Kier alpha value is -1.80. The van der Waals surface area contributed by atoms with E-state index in [1.807, 2.05) is 4.74 Å². The van der Waals surface area contributed by atoms with Gasteiger partial charge in [0.1, 0.15) is 0 Å². The Bertz CT molecular complexity index is 712. The van der Waals surface area contributed by atoms with Gasteiger partial charge >= 0.3 is 48.4 Å². The summed E-state index contributed by atoms with van der Waals surface area (Å²) in [6.07, 6.45) is -38.4. The van der Waals surface area contributed by atoms with E-state index in [2.05, 4.69) is 0 Å². The molecule has 0 rings (SSSR count). The first kappa shape index (κ1) is 31.2. The maximum atomic E-state index is 14.0. The number of carbonyl (C=O) groups excluding carboxylic acids is 1. The zero-order chi connectivity index (χ0) is 27.3. The van der Waals surface area contributed by atoms with Crippen LogP contribution in [-0.4, -0.2) is 60.3 Å². The van der Waals surface area contributed by atoms with Gasteiger partial charge < -0.3 is 5.32 Å². The summed E-state index contributed by atoms with van der Waals surface area (Å²) in [4.78, 5) is 11.2. The summed E-state index contributed by atoms with van der Waals surface area (Å²) in [7, 11) is 0. The van der Waals surface area contributed by atoms with Crippen LogP contribution in [0.15, 0.2) is 0 Å². The average Bonchev–Trinajstić information content (AvgIpc) is 2.49. The molecule has 0 fully saturated rings. The van der Waals surface area contributed by atoms with E-state index in [1.54, 1.807) is 0 Å². The van der Waals surface area contributed by atoms with Crippen LogP contribution in [0, 0.1) is 0 Å². The molecule has 21 heteroatoms. The van der Waals surface area contributed by atoms with Crippen molar-refractivity contribution in [2.24, 2.45) is 0 Å². The van der Waals surface area contributed by atoms with Gasteiger partial charge in [-0.25, -0.2) is 0 Å². The van der Waals surface area contributed by atoms with Gasteiger partial charge in [0.25, 0.3) is 5.91 Å². The molecule has 0 aliphatic carbocycles. The second-order valence-electron chi connectivity index (χ2n) is 6.12. The third-order valence-corrected chi connectivity index (χ3v) is 3.07. The SMILES string of the molecule is CC(C)NC(=O)C(F)(OC(F)(F)C(F)(OC(F)(F)C(F)(F)C(F)(F)F)C(F)(F)F)C(F)(F)F. The molecule has 0 bridgehead atoms. The maximum Gasteiger partial charge on any atom is 0.462 e. The van der Waals surface area contributed by atoms with Gasteiger partial charge in [-0.1, -0.05) is 0 Å². The first-order chi connectivity index (χ1) is 14.0. The molecule has 0 aromatic carbocycles. The van der Waals surface area contributed by atoms with E-state index in [0.29, 0.717) is 13.8 Å². The van der Waals surface area contributed by atoms with Crippen LogP contribution in [0.3, 0.4) is 0 Å². The van der Waals surface area contributed by atoms with Crippen molar-refractivity contribution in [2.45, 2.75) is 68.3 Å². The molecule has 2 unspecified atom stereocenters. The summed E-state index contributed by atoms with van der Waals surface area (Å²) >= 11 is 0. The fourth-order valence-corrected chi connectivity index (χ4v) is 1.52. The molecule has 0 saturated carbocycles. The molecule has 0 aromatic rings. The Morgan fingerprint density at radius 3 is 1.27 bits per heavy atom. The molecule has 1 amide bonds. The molecule has 1 N–H and O–H groups in total. The number of ether oxygens (including phenoxy) is 2. The molecule has 198 valence electrons. The number of carbonyl (C=O) groups is 1. The molecule has 4 nitrogen and oxygen atoms in total. The summed E-state index contributed by atoms with van der Waals surface area (Å²) in [6.45, 7) is 1.43. The Morgan fingerprint density at radius 2 is 1.00 bits per heavy atom. The third kappa shape index (κ3) is 5.65. The van der Waals surface area contributed by atoms with Crippen LogP contribution in [0.1, 0.15) is 13.8 Å². The summed E-state index contributed by atoms with van der Waals surface area (Å²) < 4.78 is 222. The Labute approximate surface area is 170 Å². The number of alkyl halides is 17.